The molecule has 0 aromatic heterocycles. The van der Waals surface area contributed by atoms with Crippen LogP contribution in [0.2, 0.25) is 0 Å². The maximum atomic E-state index is 14.0. The number of benzene rings is 2. The van der Waals surface area contributed by atoms with E-state index < -0.39 is 43.1 Å². The average molecular weight is 450 g/mol. The summed E-state index contributed by atoms with van der Waals surface area (Å²) >= 11 is 0. The molecule has 4 N–H and O–H groups in total. The highest BCUT2D eigenvalue weighted by atomic mass is 19.1. The van der Waals surface area contributed by atoms with E-state index in [1.807, 2.05) is 24.3 Å². The molecule has 6 atom stereocenters. The lowest BCUT2D eigenvalue weighted by molar-refractivity contribution is -0.277. The third-order valence-corrected chi connectivity index (χ3v) is 5.62. The Labute approximate surface area is 184 Å². The number of rotatable bonds is 7. The van der Waals surface area contributed by atoms with Crippen molar-refractivity contribution in [3.05, 3.63) is 59.4 Å². The molecular weight excluding hydrogens is 423 g/mol. The molecule has 8 nitrogen and oxygen atoms in total. The van der Waals surface area contributed by atoms with Crippen molar-refractivity contribution < 1.29 is 43.8 Å². The van der Waals surface area contributed by atoms with Crippen LogP contribution in [0.15, 0.2) is 42.5 Å². The predicted molar refractivity (Wildman–Crippen MR) is 110 cm³/mol. The van der Waals surface area contributed by atoms with Crippen molar-refractivity contribution in [3.8, 4) is 11.5 Å². The maximum Gasteiger partial charge on any atom is 0.229 e. The monoisotopic (exact) mass is 450 g/mol. The lowest BCUT2D eigenvalue weighted by atomic mass is 9.99. The van der Waals surface area contributed by atoms with E-state index in [0.717, 1.165) is 17.7 Å². The Hall–Kier alpha value is -2.27. The first-order valence-corrected chi connectivity index (χ1v) is 10.5. The number of aliphatic hydroxyl groups excluding tert-OH is 4. The number of ether oxygens (including phenoxy) is 4. The third-order valence-electron chi connectivity index (χ3n) is 5.62. The zero-order valence-corrected chi connectivity index (χ0v) is 17.3. The number of hydrogen-bond donors (Lipinski definition) is 4. The summed E-state index contributed by atoms with van der Waals surface area (Å²) in [5.41, 5.74) is 1.38. The van der Waals surface area contributed by atoms with E-state index >= 15 is 0 Å². The molecule has 2 aromatic rings. The SMILES string of the molecule is OC[C@H]1O[C@@H](Oc2ccc(F)cc2Cc2ccc(O[C@@H]3CCOC3)cc2)[C@H](O)[C@@H](O)[C@@H]1O. The lowest BCUT2D eigenvalue weighted by Gasteiger charge is -2.39. The summed E-state index contributed by atoms with van der Waals surface area (Å²) in [5.74, 6) is 0.516. The van der Waals surface area contributed by atoms with E-state index in [1.165, 1.54) is 18.2 Å². The van der Waals surface area contributed by atoms with Crippen LogP contribution in [0.5, 0.6) is 11.5 Å². The fraction of sp³-hybridized carbons (Fsp3) is 0.478. The van der Waals surface area contributed by atoms with E-state index in [-0.39, 0.29) is 11.9 Å². The molecule has 0 spiro atoms. The van der Waals surface area contributed by atoms with Gasteiger partial charge in [-0.3, -0.25) is 0 Å². The van der Waals surface area contributed by atoms with E-state index in [9.17, 15) is 24.8 Å². The normalized spacial score (nSPS) is 30.3. The van der Waals surface area contributed by atoms with Crippen molar-refractivity contribution in [2.75, 3.05) is 19.8 Å². The second-order valence-electron chi connectivity index (χ2n) is 7.99. The van der Waals surface area contributed by atoms with Gasteiger partial charge < -0.3 is 39.4 Å². The Bertz CT molecular complexity index is 884. The molecule has 2 aliphatic heterocycles. The summed E-state index contributed by atoms with van der Waals surface area (Å²) < 4.78 is 36.2. The second-order valence-corrected chi connectivity index (χ2v) is 7.99. The molecule has 9 heteroatoms. The van der Waals surface area contributed by atoms with Crippen molar-refractivity contribution in [3.63, 3.8) is 0 Å². The number of halogens is 1. The first-order chi connectivity index (χ1) is 15.4. The topological polar surface area (TPSA) is 118 Å². The largest absolute Gasteiger partial charge is 0.488 e. The first kappa shape index (κ1) is 22.9. The molecule has 0 amide bonds. The molecule has 2 aromatic carbocycles. The smallest absolute Gasteiger partial charge is 0.229 e. The van der Waals surface area contributed by atoms with Crippen LogP contribution in [0.1, 0.15) is 17.5 Å². The average Bonchev–Trinajstić information content (AvgIpc) is 3.30. The Balaban J connectivity index is 1.47. The second kappa shape index (κ2) is 10.1. The van der Waals surface area contributed by atoms with Gasteiger partial charge in [0, 0.05) is 18.4 Å². The highest BCUT2D eigenvalue weighted by Crippen LogP contribution is 2.29. The Morgan fingerprint density at radius 2 is 1.75 bits per heavy atom. The van der Waals surface area contributed by atoms with Gasteiger partial charge in [-0.1, -0.05) is 12.1 Å². The van der Waals surface area contributed by atoms with Crippen LogP contribution in [0.3, 0.4) is 0 Å². The standard InChI is InChI=1S/C23H27FO8/c24-15-3-6-18(31-23-22(28)21(27)20(26)19(11-25)32-23)14(10-15)9-13-1-4-16(5-2-13)30-17-7-8-29-12-17/h1-6,10,17,19-23,25-28H,7-9,11-12H2/t17-,19-,20-,21+,22-,23-/m1/s1. The summed E-state index contributed by atoms with van der Waals surface area (Å²) in [7, 11) is 0. The lowest BCUT2D eigenvalue weighted by Crippen LogP contribution is -2.60. The van der Waals surface area contributed by atoms with Crippen molar-refractivity contribution in [2.45, 2.75) is 49.7 Å². The van der Waals surface area contributed by atoms with Gasteiger partial charge in [0.25, 0.3) is 0 Å². The van der Waals surface area contributed by atoms with Crippen molar-refractivity contribution in [1.82, 2.24) is 0 Å². The van der Waals surface area contributed by atoms with E-state index in [0.29, 0.717) is 25.2 Å². The highest BCUT2D eigenvalue weighted by Gasteiger charge is 2.44. The quantitative estimate of drug-likeness (QED) is 0.489. The summed E-state index contributed by atoms with van der Waals surface area (Å²) in [6, 6.07) is 11.4. The van der Waals surface area contributed by atoms with Gasteiger partial charge in [-0.25, -0.2) is 4.39 Å². The Morgan fingerprint density at radius 3 is 2.44 bits per heavy atom. The maximum absolute atomic E-state index is 14.0. The summed E-state index contributed by atoms with van der Waals surface area (Å²) in [6.07, 6.45) is -5.82. The van der Waals surface area contributed by atoms with Gasteiger partial charge in [0.1, 0.15) is 47.8 Å². The summed E-state index contributed by atoms with van der Waals surface area (Å²) in [5, 5.41) is 39.5. The Kier molecular flexibility index (Phi) is 7.24. The molecule has 4 rings (SSSR count). The van der Waals surface area contributed by atoms with Gasteiger partial charge in [-0.2, -0.15) is 0 Å². The van der Waals surface area contributed by atoms with Crippen LogP contribution in [0.25, 0.3) is 0 Å². The molecule has 2 fully saturated rings. The molecule has 0 unspecified atom stereocenters. The van der Waals surface area contributed by atoms with Crippen LogP contribution < -0.4 is 9.47 Å². The zero-order chi connectivity index (χ0) is 22.7. The summed E-state index contributed by atoms with van der Waals surface area (Å²) in [4.78, 5) is 0. The van der Waals surface area contributed by atoms with Crippen LogP contribution in [0, 0.1) is 5.82 Å². The highest BCUT2D eigenvalue weighted by molar-refractivity contribution is 5.39. The van der Waals surface area contributed by atoms with Crippen molar-refractivity contribution >= 4 is 0 Å². The number of hydrogen-bond acceptors (Lipinski definition) is 8. The Morgan fingerprint density at radius 1 is 0.969 bits per heavy atom. The molecule has 0 aliphatic carbocycles. The minimum atomic E-state index is -1.56. The molecule has 2 aliphatic rings. The van der Waals surface area contributed by atoms with E-state index in [1.54, 1.807) is 0 Å². The van der Waals surface area contributed by atoms with Gasteiger partial charge in [-0.05, 0) is 35.9 Å². The zero-order valence-electron chi connectivity index (χ0n) is 17.3. The van der Waals surface area contributed by atoms with E-state index in [2.05, 4.69) is 0 Å². The first-order valence-electron chi connectivity index (χ1n) is 10.5. The van der Waals surface area contributed by atoms with Crippen LogP contribution in [-0.4, -0.2) is 77.1 Å². The fourth-order valence-electron chi connectivity index (χ4n) is 3.80. The van der Waals surface area contributed by atoms with Gasteiger partial charge >= 0.3 is 0 Å². The molecule has 0 saturated carbocycles. The van der Waals surface area contributed by atoms with Crippen molar-refractivity contribution in [2.24, 2.45) is 0 Å². The molecule has 0 radical (unpaired) electrons. The minimum Gasteiger partial charge on any atom is -0.488 e. The van der Waals surface area contributed by atoms with Crippen molar-refractivity contribution in [1.29, 1.82) is 0 Å². The minimum absolute atomic E-state index is 0.0441. The molecule has 32 heavy (non-hydrogen) atoms. The fourth-order valence-corrected chi connectivity index (χ4v) is 3.80. The molecule has 2 saturated heterocycles. The molecule has 2 heterocycles. The third kappa shape index (κ3) is 5.20. The molecule has 174 valence electrons. The summed E-state index contributed by atoms with van der Waals surface area (Å²) in [6.45, 7) is 0.700. The van der Waals surface area contributed by atoms with Gasteiger partial charge in [0.05, 0.1) is 19.8 Å². The number of aliphatic hydroxyl groups is 4. The van der Waals surface area contributed by atoms with Gasteiger partial charge in [-0.15, -0.1) is 0 Å². The molecular formula is C23H27FO8. The van der Waals surface area contributed by atoms with Crippen LogP contribution in [-0.2, 0) is 15.9 Å². The van der Waals surface area contributed by atoms with Gasteiger partial charge in [0.15, 0.2) is 0 Å². The van der Waals surface area contributed by atoms with Crippen LogP contribution >= 0.6 is 0 Å². The predicted octanol–water partition coefficient (Wildman–Crippen LogP) is 0.763. The van der Waals surface area contributed by atoms with Gasteiger partial charge in [0.2, 0.25) is 6.29 Å². The van der Waals surface area contributed by atoms with E-state index in [4.69, 9.17) is 18.9 Å². The molecule has 0 bridgehead atoms. The van der Waals surface area contributed by atoms with Crippen LogP contribution in [0.4, 0.5) is 4.39 Å².